The van der Waals surface area contributed by atoms with Crippen LogP contribution in [-0.2, 0) is 21.9 Å². The number of aromatic nitrogens is 2. The van der Waals surface area contributed by atoms with Crippen molar-refractivity contribution in [3.8, 4) is 5.69 Å². The zero-order valence-electron chi connectivity index (χ0n) is 20.4. The molecule has 0 radical (unpaired) electrons. The van der Waals surface area contributed by atoms with Crippen LogP contribution in [0.2, 0.25) is 10.0 Å². The monoisotopic (exact) mass is 571 g/mol. The summed E-state index contributed by atoms with van der Waals surface area (Å²) >= 11 is 12.0. The summed E-state index contributed by atoms with van der Waals surface area (Å²) in [6.07, 6.45) is 1.31. The number of carbonyl (C=O) groups is 1. The van der Waals surface area contributed by atoms with Gasteiger partial charge in [0.15, 0.2) is 0 Å². The number of nitrogens with one attached hydrogen (secondary N) is 1. The first-order valence-electron chi connectivity index (χ1n) is 11.3. The number of halogens is 2. The highest BCUT2D eigenvalue weighted by molar-refractivity contribution is 7.92. The van der Waals surface area contributed by atoms with Crippen LogP contribution in [0.15, 0.2) is 93.7 Å². The molecule has 1 heterocycles. The molecule has 0 spiro atoms. The Morgan fingerprint density at radius 1 is 1.03 bits per heavy atom. The van der Waals surface area contributed by atoms with Crippen LogP contribution < -0.4 is 15.3 Å². The molecule has 12 heteroatoms. The highest BCUT2D eigenvalue weighted by Gasteiger charge is 2.33. The molecule has 0 aliphatic rings. The molecule has 1 N–H and O–H groups in total. The number of hydrogen-bond donors (Lipinski definition) is 1. The number of nitrogens with zero attached hydrogens (tertiary/aromatic N) is 4. The molecule has 9 nitrogen and oxygen atoms in total. The highest BCUT2D eigenvalue weighted by atomic mass is 35.5. The van der Waals surface area contributed by atoms with E-state index in [0.29, 0.717) is 27.0 Å². The predicted molar refractivity (Wildman–Crippen MR) is 149 cm³/mol. The van der Waals surface area contributed by atoms with Crippen LogP contribution in [0, 0.1) is 6.92 Å². The number of hydrogen-bond acceptors (Lipinski definition) is 5. The Morgan fingerprint density at radius 3 is 2.29 bits per heavy atom. The van der Waals surface area contributed by atoms with Gasteiger partial charge in [-0.3, -0.25) is 14.3 Å². The average Bonchev–Trinajstić information content (AvgIpc) is 3.12. The van der Waals surface area contributed by atoms with Gasteiger partial charge in [0.25, 0.3) is 21.5 Å². The third-order valence-electron chi connectivity index (χ3n) is 5.75. The number of hydrazone groups is 1. The van der Waals surface area contributed by atoms with E-state index in [9.17, 15) is 18.0 Å². The maximum atomic E-state index is 13.7. The van der Waals surface area contributed by atoms with E-state index in [1.54, 1.807) is 79.3 Å². The molecule has 0 saturated heterocycles. The van der Waals surface area contributed by atoms with Gasteiger partial charge in [0.2, 0.25) is 0 Å². The fourth-order valence-corrected chi connectivity index (χ4v) is 5.74. The number of para-hydroxylation sites is 1. The summed E-state index contributed by atoms with van der Waals surface area (Å²) in [5.41, 5.74) is 2.94. The topological polar surface area (TPSA) is 106 Å². The first-order valence-corrected chi connectivity index (χ1v) is 13.5. The Balaban J connectivity index is 1.73. The highest BCUT2D eigenvalue weighted by Crippen LogP contribution is 2.25. The smallest absolute Gasteiger partial charge is 0.283 e. The van der Waals surface area contributed by atoms with Crippen molar-refractivity contribution < 1.29 is 13.2 Å². The molecular formula is C26H23Cl2N5O4S. The van der Waals surface area contributed by atoms with Crippen molar-refractivity contribution in [3.63, 3.8) is 0 Å². The summed E-state index contributed by atoms with van der Waals surface area (Å²) in [6, 6.07) is 21.1. The van der Waals surface area contributed by atoms with E-state index in [-0.39, 0.29) is 10.6 Å². The van der Waals surface area contributed by atoms with Crippen molar-refractivity contribution in [3.05, 3.63) is 111 Å². The van der Waals surface area contributed by atoms with Crippen LogP contribution in [0.1, 0.15) is 11.3 Å². The largest absolute Gasteiger partial charge is 0.296 e. The van der Waals surface area contributed by atoms with Gasteiger partial charge in [0, 0.05) is 17.6 Å². The summed E-state index contributed by atoms with van der Waals surface area (Å²) in [4.78, 5) is 26.5. The first-order chi connectivity index (χ1) is 18.1. The summed E-state index contributed by atoms with van der Waals surface area (Å²) in [6.45, 7) is 0.917. The number of sulfonamides is 1. The van der Waals surface area contributed by atoms with Crippen molar-refractivity contribution in [1.29, 1.82) is 0 Å². The fourth-order valence-electron chi connectivity index (χ4n) is 3.79. The molecular weight excluding hydrogens is 549 g/mol. The minimum Gasteiger partial charge on any atom is -0.283 e. The van der Waals surface area contributed by atoms with Gasteiger partial charge in [-0.25, -0.2) is 22.8 Å². The maximum Gasteiger partial charge on any atom is 0.296 e. The lowest BCUT2D eigenvalue weighted by molar-refractivity contribution is -0.119. The van der Waals surface area contributed by atoms with E-state index in [2.05, 4.69) is 10.5 Å². The van der Waals surface area contributed by atoms with Crippen LogP contribution in [0.5, 0.6) is 0 Å². The van der Waals surface area contributed by atoms with Crippen LogP contribution in [0.3, 0.4) is 0 Å². The van der Waals surface area contributed by atoms with Crippen molar-refractivity contribution in [2.75, 3.05) is 10.8 Å². The molecule has 1 amide bonds. The molecule has 0 fully saturated rings. The predicted octanol–water partition coefficient (Wildman–Crippen LogP) is 4.14. The second-order valence-corrected chi connectivity index (χ2v) is 10.9. The van der Waals surface area contributed by atoms with Gasteiger partial charge >= 0.3 is 0 Å². The SMILES string of the molecule is Cc1c(N(CC(=O)N/N=C\c2ccc(Cl)cc2Cl)S(=O)(=O)c2ccccc2)c(=O)n(-c2ccccc2)n1C. The van der Waals surface area contributed by atoms with Crippen LogP contribution in [-0.4, -0.2) is 36.4 Å². The number of carbonyl (C=O) groups excluding carboxylic acids is 1. The average molecular weight is 572 g/mol. The molecule has 4 rings (SSSR count). The lowest BCUT2D eigenvalue weighted by Crippen LogP contribution is -2.42. The standard InChI is InChI=1S/C26H23Cl2N5O4S/c1-18-25(26(35)33(31(18)2)21-9-5-3-6-10-21)32(38(36,37)22-11-7-4-8-12-22)17-24(34)30-29-16-19-13-14-20(27)15-23(19)28/h3-16H,17H2,1-2H3,(H,30,34)/b29-16-. The van der Waals surface area contributed by atoms with Crippen molar-refractivity contribution in [1.82, 2.24) is 14.8 Å². The third kappa shape index (κ3) is 5.52. The maximum absolute atomic E-state index is 13.7. The van der Waals surface area contributed by atoms with E-state index in [1.165, 1.54) is 29.1 Å². The van der Waals surface area contributed by atoms with Gasteiger partial charge in [0.1, 0.15) is 12.2 Å². The molecule has 38 heavy (non-hydrogen) atoms. The Bertz CT molecular complexity index is 1670. The molecule has 0 aliphatic carbocycles. The minimum absolute atomic E-state index is 0.0711. The molecule has 0 aliphatic heterocycles. The lowest BCUT2D eigenvalue weighted by Gasteiger charge is -2.22. The number of anilines is 1. The van der Waals surface area contributed by atoms with Gasteiger partial charge in [-0.2, -0.15) is 5.10 Å². The van der Waals surface area contributed by atoms with Gasteiger partial charge in [-0.15, -0.1) is 0 Å². The first kappa shape index (κ1) is 27.2. The lowest BCUT2D eigenvalue weighted by atomic mass is 10.2. The zero-order chi connectivity index (χ0) is 27.4. The summed E-state index contributed by atoms with van der Waals surface area (Å²) < 4.78 is 31.1. The Morgan fingerprint density at radius 2 is 1.66 bits per heavy atom. The molecule has 3 aromatic carbocycles. The number of amides is 1. The van der Waals surface area contributed by atoms with E-state index in [4.69, 9.17) is 23.2 Å². The summed E-state index contributed by atoms with van der Waals surface area (Å²) in [7, 11) is -2.67. The number of benzene rings is 3. The Labute approximate surface area is 229 Å². The van der Waals surface area contributed by atoms with Crippen molar-refractivity contribution >= 4 is 51.0 Å². The summed E-state index contributed by atoms with van der Waals surface area (Å²) in [5, 5.41) is 4.65. The second-order valence-electron chi connectivity index (χ2n) is 8.19. The minimum atomic E-state index is -4.31. The van der Waals surface area contributed by atoms with Gasteiger partial charge in [0.05, 0.1) is 27.5 Å². The third-order valence-corrected chi connectivity index (χ3v) is 8.07. The molecule has 0 saturated carbocycles. The van der Waals surface area contributed by atoms with E-state index in [1.807, 2.05) is 0 Å². The van der Waals surface area contributed by atoms with E-state index < -0.39 is 28.0 Å². The van der Waals surface area contributed by atoms with Gasteiger partial charge in [-0.05, 0) is 43.3 Å². The van der Waals surface area contributed by atoms with E-state index >= 15 is 0 Å². The van der Waals surface area contributed by atoms with Crippen LogP contribution in [0.25, 0.3) is 5.69 Å². The summed E-state index contributed by atoms with van der Waals surface area (Å²) in [5.74, 6) is -0.764. The van der Waals surface area contributed by atoms with Crippen molar-refractivity contribution in [2.45, 2.75) is 11.8 Å². The number of rotatable bonds is 8. The van der Waals surface area contributed by atoms with Crippen LogP contribution >= 0.6 is 23.2 Å². The van der Waals surface area contributed by atoms with Gasteiger partial charge in [-0.1, -0.05) is 65.7 Å². The fraction of sp³-hybridized carbons (Fsp3) is 0.115. The normalized spacial score (nSPS) is 11.6. The molecule has 0 bridgehead atoms. The van der Waals surface area contributed by atoms with Crippen LogP contribution in [0.4, 0.5) is 5.69 Å². The molecule has 196 valence electrons. The van der Waals surface area contributed by atoms with Crippen molar-refractivity contribution in [2.24, 2.45) is 12.1 Å². The van der Waals surface area contributed by atoms with Gasteiger partial charge < -0.3 is 0 Å². The second kappa shape index (κ2) is 11.3. The molecule has 1 aromatic heterocycles. The Hall–Kier alpha value is -3.86. The molecule has 0 atom stereocenters. The Kier molecular flexibility index (Phi) is 8.05. The molecule has 0 unspecified atom stereocenters. The zero-order valence-corrected chi connectivity index (χ0v) is 22.7. The molecule has 4 aromatic rings. The van der Waals surface area contributed by atoms with E-state index in [0.717, 1.165) is 4.31 Å². The quantitative estimate of drug-likeness (QED) is 0.253.